The molecule has 1 N–H and O–H groups in total. The van der Waals surface area contributed by atoms with Gasteiger partial charge in [0.15, 0.2) is 11.5 Å². The van der Waals surface area contributed by atoms with Crippen LogP contribution in [0.3, 0.4) is 0 Å². The number of nitrogens with zero attached hydrogens (tertiary/aromatic N) is 4. The van der Waals surface area contributed by atoms with Crippen LogP contribution in [0, 0.1) is 5.82 Å². The van der Waals surface area contributed by atoms with Crippen LogP contribution >= 0.6 is 11.8 Å². The molecule has 0 unspecified atom stereocenters. The molecule has 9 heteroatoms. The average molecular weight is 409 g/mol. The van der Waals surface area contributed by atoms with Gasteiger partial charge < -0.3 is 10.1 Å². The predicted molar refractivity (Wildman–Crippen MR) is 109 cm³/mol. The third kappa shape index (κ3) is 4.35. The summed E-state index contributed by atoms with van der Waals surface area (Å²) in [6, 6.07) is 16.7. The van der Waals surface area contributed by atoms with E-state index in [0.29, 0.717) is 33.5 Å². The molecule has 0 fully saturated rings. The van der Waals surface area contributed by atoms with E-state index < -0.39 is 0 Å². The lowest BCUT2D eigenvalue weighted by Crippen LogP contribution is -2.14. The minimum absolute atomic E-state index is 0.160. The summed E-state index contributed by atoms with van der Waals surface area (Å²) in [5, 5.41) is 16.2. The van der Waals surface area contributed by atoms with Crippen molar-refractivity contribution in [2.75, 3.05) is 18.2 Å². The number of carbonyl (C=O) groups excluding carboxylic acids is 1. The van der Waals surface area contributed by atoms with E-state index in [4.69, 9.17) is 4.74 Å². The molecule has 2 heterocycles. The van der Waals surface area contributed by atoms with Crippen molar-refractivity contribution in [3.05, 3.63) is 66.5 Å². The number of fused-ring (bicyclic) bond motifs is 1. The topological polar surface area (TPSA) is 81.4 Å². The zero-order valence-electron chi connectivity index (χ0n) is 15.4. The quantitative estimate of drug-likeness (QED) is 0.490. The number of carbonyl (C=O) groups is 1. The van der Waals surface area contributed by atoms with Crippen molar-refractivity contribution in [1.29, 1.82) is 0 Å². The second-order valence-corrected chi connectivity index (χ2v) is 7.04. The van der Waals surface area contributed by atoms with Crippen LogP contribution in [0.2, 0.25) is 0 Å². The maximum Gasteiger partial charge on any atom is 0.234 e. The van der Waals surface area contributed by atoms with Gasteiger partial charge in [-0.05, 0) is 48.5 Å². The number of hydrogen-bond acceptors (Lipinski definition) is 6. The molecule has 4 aromatic rings. The van der Waals surface area contributed by atoms with Gasteiger partial charge in [0, 0.05) is 17.3 Å². The second-order valence-electron chi connectivity index (χ2n) is 6.04. The molecule has 0 saturated carbocycles. The lowest BCUT2D eigenvalue weighted by molar-refractivity contribution is -0.113. The van der Waals surface area contributed by atoms with E-state index in [0.717, 1.165) is 0 Å². The van der Waals surface area contributed by atoms with Crippen LogP contribution in [0.5, 0.6) is 5.75 Å². The number of aromatic nitrogens is 4. The summed E-state index contributed by atoms with van der Waals surface area (Å²) < 4.78 is 19.9. The molecule has 0 bridgehead atoms. The number of benzene rings is 2. The predicted octanol–water partition coefficient (Wildman–Crippen LogP) is 3.67. The van der Waals surface area contributed by atoms with Crippen molar-refractivity contribution in [2.24, 2.45) is 0 Å². The molecule has 0 saturated heterocycles. The fraction of sp³-hybridized carbons (Fsp3) is 0.100. The first kappa shape index (κ1) is 18.9. The molecule has 1 amide bonds. The van der Waals surface area contributed by atoms with Crippen LogP contribution in [0.1, 0.15) is 0 Å². The van der Waals surface area contributed by atoms with Gasteiger partial charge in [-0.15, -0.1) is 10.2 Å². The summed E-state index contributed by atoms with van der Waals surface area (Å²) >= 11 is 1.29. The van der Waals surface area contributed by atoms with Crippen LogP contribution < -0.4 is 10.1 Å². The van der Waals surface area contributed by atoms with E-state index in [1.54, 1.807) is 60.2 Å². The Balaban J connectivity index is 1.47. The average Bonchev–Trinajstić information content (AvgIpc) is 3.16. The normalized spacial score (nSPS) is 10.8. The SMILES string of the molecule is COc1cccc(NC(=O)CSc2ccc3nnc(-c4ccc(F)cc4)n3n2)c1. The highest BCUT2D eigenvalue weighted by molar-refractivity contribution is 7.99. The van der Waals surface area contributed by atoms with Gasteiger partial charge in [-0.25, -0.2) is 4.39 Å². The Morgan fingerprint density at radius 3 is 2.76 bits per heavy atom. The summed E-state index contributed by atoms with van der Waals surface area (Å²) in [6.45, 7) is 0. The molecule has 0 aliphatic rings. The Kier molecular flexibility index (Phi) is 5.39. The zero-order valence-corrected chi connectivity index (χ0v) is 16.2. The molecule has 7 nitrogen and oxygen atoms in total. The lowest BCUT2D eigenvalue weighted by Gasteiger charge is -2.07. The van der Waals surface area contributed by atoms with Crippen molar-refractivity contribution >= 4 is 29.0 Å². The van der Waals surface area contributed by atoms with Gasteiger partial charge >= 0.3 is 0 Å². The van der Waals surface area contributed by atoms with E-state index in [-0.39, 0.29) is 17.5 Å². The number of anilines is 1. The largest absolute Gasteiger partial charge is 0.497 e. The number of methoxy groups -OCH3 is 1. The van der Waals surface area contributed by atoms with Gasteiger partial charge in [0.05, 0.1) is 12.9 Å². The Morgan fingerprint density at radius 2 is 1.97 bits per heavy atom. The van der Waals surface area contributed by atoms with Gasteiger partial charge in [0.25, 0.3) is 0 Å². The molecule has 2 aromatic carbocycles. The van der Waals surface area contributed by atoms with Crippen LogP contribution in [0.4, 0.5) is 10.1 Å². The molecular formula is C20H16FN5O2S. The molecular weight excluding hydrogens is 393 g/mol. The van der Waals surface area contributed by atoms with Gasteiger partial charge in [-0.3, -0.25) is 4.79 Å². The molecule has 146 valence electrons. The Hall–Kier alpha value is -3.46. The third-order valence-electron chi connectivity index (χ3n) is 4.05. The van der Waals surface area contributed by atoms with Crippen molar-refractivity contribution < 1.29 is 13.9 Å². The number of rotatable bonds is 6. The first-order valence-corrected chi connectivity index (χ1v) is 9.66. The molecule has 0 spiro atoms. The second kappa shape index (κ2) is 8.27. The van der Waals surface area contributed by atoms with Crippen LogP contribution in [-0.2, 0) is 4.79 Å². The summed E-state index contributed by atoms with van der Waals surface area (Å²) in [7, 11) is 1.57. The highest BCUT2D eigenvalue weighted by Crippen LogP contribution is 2.22. The number of hydrogen-bond donors (Lipinski definition) is 1. The van der Waals surface area contributed by atoms with Crippen molar-refractivity contribution in [3.63, 3.8) is 0 Å². The van der Waals surface area contributed by atoms with Gasteiger partial charge in [-0.2, -0.15) is 9.61 Å². The molecule has 0 atom stereocenters. The van der Waals surface area contributed by atoms with Crippen LogP contribution in [0.15, 0.2) is 65.7 Å². The van der Waals surface area contributed by atoms with E-state index in [9.17, 15) is 9.18 Å². The molecule has 0 radical (unpaired) electrons. The summed E-state index contributed by atoms with van der Waals surface area (Å²) in [5.41, 5.74) is 1.93. The lowest BCUT2D eigenvalue weighted by atomic mass is 10.2. The first-order chi connectivity index (χ1) is 14.1. The Labute approximate surface area is 169 Å². The van der Waals surface area contributed by atoms with Crippen molar-refractivity contribution in [3.8, 4) is 17.1 Å². The fourth-order valence-corrected chi connectivity index (χ4v) is 3.32. The standard InChI is InChI=1S/C20H16FN5O2S/c1-28-16-4-2-3-15(11-16)22-18(27)12-29-19-10-9-17-23-24-20(26(17)25-19)13-5-7-14(21)8-6-13/h2-11H,12H2,1H3,(H,22,27). The third-order valence-corrected chi connectivity index (χ3v) is 4.97. The van der Waals surface area contributed by atoms with E-state index in [1.165, 1.54) is 23.9 Å². The van der Waals surface area contributed by atoms with Gasteiger partial charge in [0.2, 0.25) is 5.91 Å². The number of nitrogens with one attached hydrogen (secondary N) is 1. The monoisotopic (exact) mass is 409 g/mol. The Morgan fingerprint density at radius 1 is 1.14 bits per heavy atom. The molecule has 0 aliphatic heterocycles. The summed E-state index contributed by atoms with van der Waals surface area (Å²) in [5.74, 6) is 0.872. The number of ether oxygens (including phenoxy) is 1. The molecule has 0 aliphatic carbocycles. The molecule has 29 heavy (non-hydrogen) atoms. The van der Waals surface area contributed by atoms with Gasteiger partial charge in [0.1, 0.15) is 16.6 Å². The minimum atomic E-state index is -0.325. The fourth-order valence-electron chi connectivity index (χ4n) is 2.67. The maximum absolute atomic E-state index is 13.2. The summed E-state index contributed by atoms with van der Waals surface area (Å²) in [4.78, 5) is 12.3. The smallest absolute Gasteiger partial charge is 0.234 e. The van der Waals surface area contributed by atoms with Crippen molar-refractivity contribution in [2.45, 2.75) is 5.03 Å². The zero-order chi connectivity index (χ0) is 20.2. The van der Waals surface area contributed by atoms with E-state index >= 15 is 0 Å². The van der Waals surface area contributed by atoms with Crippen molar-refractivity contribution in [1.82, 2.24) is 19.8 Å². The highest BCUT2D eigenvalue weighted by atomic mass is 32.2. The van der Waals surface area contributed by atoms with E-state index in [2.05, 4.69) is 20.6 Å². The molecule has 4 rings (SSSR count). The van der Waals surface area contributed by atoms with Crippen LogP contribution in [0.25, 0.3) is 17.0 Å². The Bertz CT molecular complexity index is 1160. The highest BCUT2D eigenvalue weighted by Gasteiger charge is 2.11. The maximum atomic E-state index is 13.2. The molecule has 2 aromatic heterocycles. The number of thioether (sulfide) groups is 1. The van der Waals surface area contributed by atoms with E-state index in [1.807, 2.05) is 0 Å². The number of amides is 1. The first-order valence-electron chi connectivity index (χ1n) is 8.67. The minimum Gasteiger partial charge on any atom is -0.497 e. The number of halogens is 1. The summed E-state index contributed by atoms with van der Waals surface area (Å²) in [6.07, 6.45) is 0. The van der Waals surface area contributed by atoms with Crippen LogP contribution in [-0.4, -0.2) is 38.6 Å². The van der Waals surface area contributed by atoms with Gasteiger partial charge in [-0.1, -0.05) is 17.8 Å².